The standard InChI is InChI=1S/C22H23N3OS/c1-16-8-7-9-18(14-16)26-12-5-6-13-27-22-24-23-21-15-17(2)19-10-3-4-11-20(19)25(21)22/h3-4,7-11,14-15H,5-6,12-13H2,1-2H3. The van der Waals surface area contributed by atoms with Gasteiger partial charge in [-0.15, -0.1) is 10.2 Å². The molecule has 5 heteroatoms. The molecule has 0 aliphatic heterocycles. The van der Waals surface area contributed by atoms with Crippen LogP contribution in [0.25, 0.3) is 16.6 Å². The lowest BCUT2D eigenvalue weighted by Crippen LogP contribution is -1.98. The summed E-state index contributed by atoms with van der Waals surface area (Å²) in [6, 6.07) is 18.7. The number of ether oxygens (including phenoxy) is 1. The molecule has 2 aromatic carbocycles. The molecule has 0 fully saturated rings. The quantitative estimate of drug-likeness (QED) is 0.317. The fourth-order valence-electron chi connectivity index (χ4n) is 3.23. The molecule has 0 aliphatic carbocycles. The highest BCUT2D eigenvalue weighted by atomic mass is 32.2. The molecule has 2 aromatic heterocycles. The largest absolute Gasteiger partial charge is 0.494 e. The summed E-state index contributed by atoms with van der Waals surface area (Å²) in [4.78, 5) is 0. The monoisotopic (exact) mass is 377 g/mol. The second-order valence-electron chi connectivity index (χ2n) is 6.74. The Morgan fingerprint density at radius 1 is 0.963 bits per heavy atom. The van der Waals surface area contributed by atoms with Gasteiger partial charge in [0.1, 0.15) is 5.75 Å². The van der Waals surface area contributed by atoms with Crippen molar-refractivity contribution in [3.8, 4) is 5.75 Å². The van der Waals surface area contributed by atoms with Crippen LogP contribution in [-0.2, 0) is 0 Å². The summed E-state index contributed by atoms with van der Waals surface area (Å²) in [5, 5.41) is 11.0. The normalized spacial score (nSPS) is 11.3. The molecule has 4 rings (SSSR count). The topological polar surface area (TPSA) is 39.4 Å². The van der Waals surface area contributed by atoms with Crippen molar-refractivity contribution in [2.45, 2.75) is 31.8 Å². The minimum Gasteiger partial charge on any atom is -0.494 e. The van der Waals surface area contributed by atoms with Crippen LogP contribution in [0.1, 0.15) is 24.0 Å². The van der Waals surface area contributed by atoms with E-state index in [9.17, 15) is 0 Å². The first-order valence-corrected chi connectivity index (χ1v) is 10.3. The molecule has 138 valence electrons. The summed E-state index contributed by atoms with van der Waals surface area (Å²) in [6.45, 7) is 4.95. The van der Waals surface area contributed by atoms with Gasteiger partial charge in [-0.25, -0.2) is 0 Å². The van der Waals surface area contributed by atoms with Crippen molar-refractivity contribution in [2.75, 3.05) is 12.4 Å². The minimum absolute atomic E-state index is 0.743. The van der Waals surface area contributed by atoms with Gasteiger partial charge in [0, 0.05) is 11.1 Å². The van der Waals surface area contributed by atoms with Crippen molar-refractivity contribution < 1.29 is 4.74 Å². The molecule has 0 unspecified atom stereocenters. The summed E-state index contributed by atoms with van der Waals surface area (Å²) >= 11 is 1.76. The number of rotatable bonds is 7. The highest BCUT2D eigenvalue weighted by Gasteiger charge is 2.11. The van der Waals surface area contributed by atoms with Crippen LogP contribution in [0.5, 0.6) is 5.75 Å². The van der Waals surface area contributed by atoms with E-state index in [-0.39, 0.29) is 0 Å². The second-order valence-corrected chi connectivity index (χ2v) is 7.80. The molecule has 0 saturated heterocycles. The van der Waals surface area contributed by atoms with E-state index in [4.69, 9.17) is 4.74 Å². The average Bonchev–Trinajstić information content (AvgIpc) is 3.08. The van der Waals surface area contributed by atoms with Crippen LogP contribution in [-0.4, -0.2) is 27.0 Å². The van der Waals surface area contributed by atoms with Gasteiger partial charge in [-0.2, -0.15) is 0 Å². The average molecular weight is 378 g/mol. The molecule has 0 bridgehead atoms. The van der Waals surface area contributed by atoms with E-state index in [0.717, 1.165) is 41.8 Å². The van der Waals surface area contributed by atoms with E-state index in [1.54, 1.807) is 11.8 Å². The molecule has 0 spiro atoms. The molecule has 0 radical (unpaired) electrons. The van der Waals surface area contributed by atoms with Gasteiger partial charge in [-0.1, -0.05) is 42.1 Å². The van der Waals surface area contributed by atoms with Gasteiger partial charge in [0.15, 0.2) is 10.8 Å². The number of nitrogens with zero attached hydrogens (tertiary/aromatic N) is 3. The fraction of sp³-hybridized carbons (Fsp3) is 0.273. The smallest absolute Gasteiger partial charge is 0.196 e. The molecular formula is C22H23N3OS. The zero-order valence-electron chi connectivity index (χ0n) is 15.7. The van der Waals surface area contributed by atoms with E-state index in [0.29, 0.717) is 0 Å². The van der Waals surface area contributed by atoms with Gasteiger partial charge in [0.05, 0.1) is 12.1 Å². The summed E-state index contributed by atoms with van der Waals surface area (Å²) in [7, 11) is 0. The molecule has 0 atom stereocenters. The van der Waals surface area contributed by atoms with Gasteiger partial charge < -0.3 is 4.74 Å². The molecular weight excluding hydrogens is 354 g/mol. The van der Waals surface area contributed by atoms with E-state index in [1.807, 2.05) is 12.1 Å². The molecule has 0 N–H and O–H groups in total. The van der Waals surface area contributed by atoms with Crippen molar-refractivity contribution in [1.29, 1.82) is 0 Å². The van der Waals surface area contributed by atoms with Crippen LogP contribution >= 0.6 is 11.8 Å². The molecule has 2 heterocycles. The number of thioether (sulfide) groups is 1. The third-order valence-electron chi connectivity index (χ3n) is 4.60. The second kappa shape index (κ2) is 8.01. The maximum absolute atomic E-state index is 5.82. The van der Waals surface area contributed by atoms with Gasteiger partial charge >= 0.3 is 0 Å². The number of pyridine rings is 1. The summed E-state index contributed by atoms with van der Waals surface area (Å²) in [5.74, 6) is 1.95. The third-order valence-corrected chi connectivity index (χ3v) is 5.62. The van der Waals surface area contributed by atoms with E-state index in [1.165, 1.54) is 22.0 Å². The number of hydrogen-bond acceptors (Lipinski definition) is 4. The molecule has 4 aromatic rings. The van der Waals surface area contributed by atoms with E-state index < -0.39 is 0 Å². The Morgan fingerprint density at radius 2 is 1.85 bits per heavy atom. The first-order valence-electron chi connectivity index (χ1n) is 9.28. The first kappa shape index (κ1) is 17.9. The number of hydrogen-bond donors (Lipinski definition) is 0. The number of benzene rings is 2. The maximum atomic E-state index is 5.82. The van der Waals surface area contributed by atoms with Crippen LogP contribution in [0, 0.1) is 13.8 Å². The maximum Gasteiger partial charge on any atom is 0.196 e. The molecule has 27 heavy (non-hydrogen) atoms. The third kappa shape index (κ3) is 3.93. The van der Waals surface area contributed by atoms with Crippen LogP contribution in [0.3, 0.4) is 0 Å². The highest BCUT2D eigenvalue weighted by molar-refractivity contribution is 7.99. The Labute approximate surface area is 163 Å². The van der Waals surface area contributed by atoms with Crippen LogP contribution in [0.2, 0.25) is 0 Å². The van der Waals surface area contributed by atoms with Crippen molar-refractivity contribution in [2.24, 2.45) is 0 Å². The van der Waals surface area contributed by atoms with Crippen LogP contribution in [0.15, 0.2) is 59.8 Å². The molecule has 0 amide bonds. The van der Waals surface area contributed by atoms with E-state index in [2.05, 4.69) is 70.9 Å². The first-order chi connectivity index (χ1) is 13.2. The SMILES string of the molecule is Cc1cccc(OCCCCSc2nnc3cc(C)c4ccccc4n23)c1. The summed E-state index contributed by atoms with van der Waals surface area (Å²) < 4.78 is 7.99. The van der Waals surface area contributed by atoms with Crippen LogP contribution < -0.4 is 4.74 Å². The lowest BCUT2D eigenvalue weighted by Gasteiger charge is -2.08. The van der Waals surface area contributed by atoms with Crippen molar-refractivity contribution in [3.63, 3.8) is 0 Å². The van der Waals surface area contributed by atoms with Gasteiger partial charge in [0.25, 0.3) is 0 Å². The zero-order chi connectivity index (χ0) is 18.6. The Kier molecular flexibility index (Phi) is 5.30. The number of fused-ring (bicyclic) bond motifs is 3. The summed E-state index contributed by atoms with van der Waals surface area (Å²) in [6.07, 6.45) is 2.10. The lowest BCUT2D eigenvalue weighted by atomic mass is 10.1. The highest BCUT2D eigenvalue weighted by Crippen LogP contribution is 2.26. The van der Waals surface area contributed by atoms with E-state index >= 15 is 0 Å². The molecule has 0 saturated carbocycles. The van der Waals surface area contributed by atoms with Gasteiger partial charge in [-0.3, -0.25) is 4.40 Å². The Balaban J connectivity index is 1.36. The number of unbranched alkanes of at least 4 members (excludes halogenated alkanes) is 1. The van der Waals surface area contributed by atoms with Crippen molar-refractivity contribution >= 4 is 28.3 Å². The summed E-state index contributed by atoms with van der Waals surface area (Å²) in [5.41, 5.74) is 4.54. The Hall–Kier alpha value is -2.53. The minimum atomic E-state index is 0.743. The zero-order valence-corrected chi connectivity index (χ0v) is 16.5. The predicted octanol–water partition coefficient (Wildman–Crippen LogP) is 5.45. The number of aryl methyl sites for hydroxylation is 2. The molecule has 4 nitrogen and oxygen atoms in total. The van der Waals surface area contributed by atoms with Crippen molar-refractivity contribution in [3.05, 3.63) is 65.7 Å². The number of aromatic nitrogens is 3. The van der Waals surface area contributed by atoms with Crippen molar-refractivity contribution in [1.82, 2.24) is 14.6 Å². The number of para-hydroxylation sites is 1. The molecule has 0 aliphatic rings. The van der Waals surface area contributed by atoms with Gasteiger partial charge in [-0.05, 0) is 62.1 Å². The Morgan fingerprint density at radius 3 is 2.74 bits per heavy atom. The van der Waals surface area contributed by atoms with Gasteiger partial charge in [0.2, 0.25) is 0 Å². The predicted molar refractivity (Wildman–Crippen MR) is 112 cm³/mol. The van der Waals surface area contributed by atoms with Crippen LogP contribution in [0.4, 0.5) is 0 Å². The lowest BCUT2D eigenvalue weighted by molar-refractivity contribution is 0.309. The Bertz CT molecular complexity index is 1070. The fourth-order valence-corrected chi connectivity index (χ4v) is 4.18.